The summed E-state index contributed by atoms with van der Waals surface area (Å²) in [6.07, 6.45) is 0.717. The minimum atomic E-state index is -1.27. The van der Waals surface area contributed by atoms with Crippen molar-refractivity contribution in [1.82, 2.24) is 5.32 Å². The third-order valence-corrected chi connectivity index (χ3v) is 2.47. The topological polar surface area (TPSA) is 90.7 Å². The number of hydrogen-bond donors (Lipinski definition) is 2. The Hall–Kier alpha value is -1.14. The Morgan fingerprint density at radius 2 is 2.31 bits per heavy atom. The second-order valence-corrected chi connectivity index (χ2v) is 4.08. The third-order valence-electron chi connectivity index (χ3n) is 2.47. The van der Waals surface area contributed by atoms with Gasteiger partial charge in [0.1, 0.15) is 0 Å². The van der Waals surface area contributed by atoms with Gasteiger partial charge in [-0.15, -0.1) is 0 Å². The third kappa shape index (κ3) is 3.18. The summed E-state index contributed by atoms with van der Waals surface area (Å²) in [5.74, 6) is -1.23. The summed E-state index contributed by atoms with van der Waals surface area (Å²) in [4.78, 5) is 22.9. The van der Waals surface area contributed by atoms with Crippen LogP contribution in [0.25, 0.3) is 0 Å². The average Bonchev–Trinajstić information content (AvgIpc) is 2.64. The average molecular weight is 230 g/mol. The minimum Gasteiger partial charge on any atom is -0.464 e. The molecule has 1 amide bonds. The van der Waals surface area contributed by atoms with Crippen molar-refractivity contribution in [3.8, 4) is 0 Å². The van der Waals surface area contributed by atoms with E-state index in [-0.39, 0.29) is 6.61 Å². The summed E-state index contributed by atoms with van der Waals surface area (Å²) in [6, 6.07) is -1.27. The minimum absolute atomic E-state index is 0.209. The van der Waals surface area contributed by atoms with Crippen LogP contribution in [-0.2, 0) is 19.1 Å². The number of nitrogens with two attached hydrogens (primary N) is 1. The highest BCUT2D eigenvalue weighted by atomic mass is 16.5. The zero-order chi connectivity index (χ0) is 12.2. The summed E-state index contributed by atoms with van der Waals surface area (Å²) in [6.45, 7) is 4.77. The van der Waals surface area contributed by atoms with Gasteiger partial charge in [-0.25, -0.2) is 4.79 Å². The predicted molar refractivity (Wildman–Crippen MR) is 56.6 cm³/mol. The van der Waals surface area contributed by atoms with E-state index >= 15 is 0 Å². The van der Waals surface area contributed by atoms with E-state index in [1.165, 1.54) is 0 Å². The lowest BCUT2D eigenvalue weighted by Gasteiger charge is -2.24. The highest BCUT2D eigenvalue weighted by molar-refractivity contribution is 6.01. The first-order valence-electron chi connectivity index (χ1n) is 5.30. The van der Waals surface area contributed by atoms with E-state index < -0.39 is 23.5 Å². The van der Waals surface area contributed by atoms with Gasteiger partial charge in [0.2, 0.25) is 5.91 Å². The highest BCUT2D eigenvalue weighted by Gasteiger charge is 2.34. The fourth-order valence-electron chi connectivity index (χ4n) is 1.48. The van der Waals surface area contributed by atoms with E-state index in [1.54, 1.807) is 6.92 Å². The van der Waals surface area contributed by atoms with Gasteiger partial charge in [-0.1, -0.05) is 0 Å². The van der Waals surface area contributed by atoms with Gasteiger partial charge in [-0.3, -0.25) is 4.79 Å². The second kappa shape index (κ2) is 5.27. The smallest absolute Gasteiger partial charge is 0.332 e. The molecular weight excluding hydrogens is 212 g/mol. The van der Waals surface area contributed by atoms with E-state index in [4.69, 9.17) is 10.5 Å². The van der Waals surface area contributed by atoms with Crippen molar-refractivity contribution >= 4 is 11.9 Å². The summed E-state index contributed by atoms with van der Waals surface area (Å²) in [5, 5.41) is 2.70. The lowest BCUT2D eigenvalue weighted by molar-refractivity contribution is -0.148. The van der Waals surface area contributed by atoms with Gasteiger partial charge < -0.3 is 20.5 Å². The molecule has 0 aromatic rings. The molecule has 0 aromatic heterocycles. The number of rotatable bonds is 4. The maximum absolute atomic E-state index is 11.6. The number of amides is 1. The molecule has 3 N–H and O–H groups in total. The van der Waals surface area contributed by atoms with Crippen LogP contribution >= 0.6 is 0 Å². The first-order valence-corrected chi connectivity index (χ1v) is 5.30. The van der Waals surface area contributed by atoms with Crippen LogP contribution in [0.3, 0.4) is 0 Å². The van der Waals surface area contributed by atoms with Crippen molar-refractivity contribution in [2.45, 2.75) is 31.8 Å². The van der Waals surface area contributed by atoms with Crippen molar-refractivity contribution in [1.29, 1.82) is 0 Å². The molecule has 1 rings (SSSR count). The SMILES string of the molecule is CCOC(=O)C(N)C(=O)NC1(C)CCOC1. The van der Waals surface area contributed by atoms with Crippen LogP contribution in [0, 0.1) is 0 Å². The lowest BCUT2D eigenvalue weighted by atomic mass is 10.0. The standard InChI is InChI=1S/C10H18N2O4/c1-3-16-9(14)7(11)8(13)12-10(2)4-5-15-6-10/h7H,3-6,11H2,1-2H3,(H,12,13). The van der Waals surface area contributed by atoms with Gasteiger partial charge >= 0.3 is 5.97 Å². The summed E-state index contributed by atoms with van der Waals surface area (Å²) < 4.78 is 9.84. The van der Waals surface area contributed by atoms with Crippen LogP contribution in [0.15, 0.2) is 0 Å². The molecular formula is C10H18N2O4. The van der Waals surface area contributed by atoms with Crippen LogP contribution in [0.1, 0.15) is 20.3 Å². The zero-order valence-corrected chi connectivity index (χ0v) is 9.62. The monoisotopic (exact) mass is 230 g/mol. The van der Waals surface area contributed by atoms with E-state index in [2.05, 4.69) is 10.1 Å². The number of esters is 1. The van der Waals surface area contributed by atoms with Gasteiger partial charge in [-0.2, -0.15) is 0 Å². The molecule has 1 aliphatic heterocycles. The molecule has 6 heteroatoms. The molecule has 1 aliphatic rings. The molecule has 0 aliphatic carbocycles. The Balaban J connectivity index is 2.48. The van der Waals surface area contributed by atoms with Gasteiger partial charge in [-0.05, 0) is 20.3 Å². The molecule has 1 fully saturated rings. The summed E-state index contributed by atoms with van der Waals surface area (Å²) in [5.41, 5.74) is 5.03. The molecule has 0 bridgehead atoms. The quantitative estimate of drug-likeness (QED) is 0.486. The van der Waals surface area contributed by atoms with E-state index in [0.717, 1.165) is 0 Å². The molecule has 6 nitrogen and oxygen atoms in total. The maximum atomic E-state index is 11.6. The molecule has 2 unspecified atom stereocenters. The Bertz CT molecular complexity index is 274. The lowest BCUT2D eigenvalue weighted by Crippen LogP contribution is -2.55. The second-order valence-electron chi connectivity index (χ2n) is 4.08. The molecule has 2 atom stereocenters. The Morgan fingerprint density at radius 1 is 1.62 bits per heavy atom. The van der Waals surface area contributed by atoms with E-state index in [9.17, 15) is 9.59 Å². The number of carbonyl (C=O) groups excluding carboxylic acids is 2. The van der Waals surface area contributed by atoms with Crippen molar-refractivity contribution in [3.63, 3.8) is 0 Å². The van der Waals surface area contributed by atoms with Gasteiger partial charge in [0, 0.05) is 6.61 Å². The van der Waals surface area contributed by atoms with Crippen LogP contribution in [0.4, 0.5) is 0 Å². The molecule has 1 saturated heterocycles. The van der Waals surface area contributed by atoms with Crippen LogP contribution in [0.5, 0.6) is 0 Å². The summed E-state index contributed by atoms with van der Waals surface area (Å²) in [7, 11) is 0. The fraction of sp³-hybridized carbons (Fsp3) is 0.800. The maximum Gasteiger partial charge on any atom is 0.332 e. The van der Waals surface area contributed by atoms with Crippen LogP contribution < -0.4 is 11.1 Å². The fourth-order valence-corrected chi connectivity index (χ4v) is 1.48. The first-order chi connectivity index (χ1) is 7.48. The molecule has 0 saturated carbocycles. The Morgan fingerprint density at radius 3 is 2.81 bits per heavy atom. The van der Waals surface area contributed by atoms with Crippen LogP contribution in [0.2, 0.25) is 0 Å². The zero-order valence-electron chi connectivity index (χ0n) is 9.62. The number of carbonyl (C=O) groups is 2. The van der Waals surface area contributed by atoms with Crippen molar-refractivity contribution in [2.75, 3.05) is 19.8 Å². The molecule has 16 heavy (non-hydrogen) atoms. The molecule has 0 aromatic carbocycles. The predicted octanol–water partition coefficient (Wildman–Crippen LogP) is -0.828. The number of hydrogen-bond acceptors (Lipinski definition) is 5. The van der Waals surface area contributed by atoms with E-state index in [1.807, 2.05) is 6.92 Å². The molecule has 92 valence electrons. The van der Waals surface area contributed by atoms with Crippen LogP contribution in [-0.4, -0.2) is 43.3 Å². The molecule has 1 heterocycles. The van der Waals surface area contributed by atoms with Crippen molar-refractivity contribution in [2.24, 2.45) is 5.73 Å². The highest BCUT2D eigenvalue weighted by Crippen LogP contribution is 2.17. The Labute approximate surface area is 94.5 Å². The van der Waals surface area contributed by atoms with Gasteiger partial charge in [0.15, 0.2) is 6.04 Å². The molecule has 0 radical (unpaired) electrons. The van der Waals surface area contributed by atoms with Crippen molar-refractivity contribution < 1.29 is 19.1 Å². The Kier molecular flexibility index (Phi) is 4.26. The first kappa shape index (κ1) is 12.9. The molecule has 0 spiro atoms. The summed E-state index contributed by atoms with van der Waals surface area (Å²) >= 11 is 0. The van der Waals surface area contributed by atoms with Gasteiger partial charge in [0.25, 0.3) is 0 Å². The number of ether oxygens (including phenoxy) is 2. The van der Waals surface area contributed by atoms with Gasteiger partial charge in [0.05, 0.1) is 18.8 Å². The normalized spacial score (nSPS) is 26.2. The number of nitrogens with one attached hydrogen (secondary N) is 1. The van der Waals surface area contributed by atoms with Crippen molar-refractivity contribution in [3.05, 3.63) is 0 Å². The largest absolute Gasteiger partial charge is 0.464 e. The van der Waals surface area contributed by atoms with E-state index in [0.29, 0.717) is 19.6 Å².